The van der Waals surface area contributed by atoms with Crippen molar-refractivity contribution in [1.29, 1.82) is 0 Å². The first-order valence-electron chi connectivity index (χ1n) is 8.47. The molecule has 0 bridgehead atoms. The van der Waals surface area contributed by atoms with E-state index in [4.69, 9.17) is 5.10 Å². The summed E-state index contributed by atoms with van der Waals surface area (Å²) in [6.45, 7) is 9.04. The molecule has 0 aromatic carbocycles. The second-order valence-electron chi connectivity index (χ2n) is 6.46. The highest BCUT2D eigenvalue weighted by Crippen LogP contribution is 2.43. The summed E-state index contributed by atoms with van der Waals surface area (Å²) in [4.78, 5) is 0. The van der Waals surface area contributed by atoms with Gasteiger partial charge in [-0.05, 0) is 56.6 Å². The number of nitrogens with one attached hydrogen (secondary N) is 1. The first-order chi connectivity index (χ1) is 9.73. The second kappa shape index (κ2) is 7.26. The Kier molecular flexibility index (Phi) is 5.64. The minimum absolute atomic E-state index is 0.488. The molecule has 0 amide bonds. The van der Waals surface area contributed by atoms with Gasteiger partial charge in [-0.1, -0.05) is 27.2 Å². The van der Waals surface area contributed by atoms with E-state index in [1.807, 2.05) is 0 Å². The molecule has 3 nitrogen and oxygen atoms in total. The van der Waals surface area contributed by atoms with Crippen LogP contribution in [0.5, 0.6) is 0 Å². The first-order valence-corrected chi connectivity index (χ1v) is 8.47. The largest absolute Gasteiger partial charge is 0.316 e. The summed E-state index contributed by atoms with van der Waals surface area (Å²) in [5, 5.41) is 8.45. The van der Waals surface area contributed by atoms with E-state index in [0.29, 0.717) is 11.5 Å². The molecule has 3 heteroatoms. The van der Waals surface area contributed by atoms with Crippen LogP contribution in [0.15, 0.2) is 12.3 Å². The Hall–Kier alpha value is -0.830. The molecular weight excluding hydrogens is 246 g/mol. The van der Waals surface area contributed by atoms with Crippen LogP contribution in [0.1, 0.15) is 71.0 Å². The van der Waals surface area contributed by atoms with E-state index >= 15 is 0 Å². The predicted octanol–water partition coefficient (Wildman–Crippen LogP) is 3.96. The lowest BCUT2D eigenvalue weighted by Crippen LogP contribution is -2.42. The summed E-state index contributed by atoms with van der Waals surface area (Å²) >= 11 is 0. The van der Waals surface area contributed by atoms with E-state index in [9.17, 15) is 0 Å². The highest BCUT2D eigenvalue weighted by molar-refractivity contribution is 5.07. The topological polar surface area (TPSA) is 29.9 Å². The van der Waals surface area contributed by atoms with Crippen LogP contribution in [0, 0.1) is 5.41 Å². The molecular formula is C17H31N3. The minimum atomic E-state index is 0.488. The molecule has 0 aliphatic heterocycles. The first kappa shape index (κ1) is 15.6. The minimum Gasteiger partial charge on any atom is -0.316 e. The fourth-order valence-electron chi connectivity index (χ4n) is 3.35. The van der Waals surface area contributed by atoms with Crippen LogP contribution in [0.2, 0.25) is 0 Å². The molecule has 1 aromatic heterocycles. The number of rotatable bonds is 9. The van der Waals surface area contributed by atoms with Gasteiger partial charge in [0.2, 0.25) is 0 Å². The molecule has 1 N–H and O–H groups in total. The van der Waals surface area contributed by atoms with Crippen molar-refractivity contribution in [1.82, 2.24) is 15.1 Å². The lowest BCUT2D eigenvalue weighted by Gasteiger charge is -2.42. The monoisotopic (exact) mass is 277 g/mol. The summed E-state index contributed by atoms with van der Waals surface area (Å²) in [6.07, 6.45) is 11.0. The van der Waals surface area contributed by atoms with Gasteiger partial charge < -0.3 is 5.32 Å². The predicted molar refractivity (Wildman–Crippen MR) is 85.0 cm³/mol. The average molecular weight is 277 g/mol. The molecule has 1 heterocycles. The summed E-state index contributed by atoms with van der Waals surface area (Å²) in [5.41, 5.74) is 1.78. The van der Waals surface area contributed by atoms with Crippen LogP contribution in [-0.4, -0.2) is 22.9 Å². The van der Waals surface area contributed by atoms with E-state index in [0.717, 1.165) is 13.0 Å². The fourth-order valence-corrected chi connectivity index (χ4v) is 3.35. The molecule has 20 heavy (non-hydrogen) atoms. The van der Waals surface area contributed by atoms with E-state index in [2.05, 4.69) is 43.0 Å². The van der Waals surface area contributed by atoms with Crippen LogP contribution in [0.3, 0.4) is 0 Å². The summed E-state index contributed by atoms with van der Waals surface area (Å²) < 4.78 is 2.18. The second-order valence-corrected chi connectivity index (χ2v) is 6.46. The van der Waals surface area contributed by atoms with E-state index in [1.165, 1.54) is 50.8 Å². The number of hydrogen-bond acceptors (Lipinski definition) is 2. The zero-order valence-corrected chi connectivity index (χ0v) is 13.5. The molecule has 1 aromatic rings. The van der Waals surface area contributed by atoms with Crippen molar-refractivity contribution in [3.8, 4) is 0 Å². The third kappa shape index (κ3) is 3.63. The standard InChI is InChI=1S/C17H31N3/c1-4-11-18-14-17(9-7-10-17)13-15-8-12-20(19-15)16(5-2)6-3/h8,12,16,18H,4-7,9-11,13-14H2,1-3H3. The van der Waals surface area contributed by atoms with Gasteiger partial charge >= 0.3 is 0 Å². The molecule has 114 valence electrons. The van der Waals surface area contributed by atoms with Crippen LogP contribution in [0.4, 0.5) is 0 Å². The van der Waals surface area contributed by atoms with Crippen molar-refractivity contribution in [3.05, 3.63) is 18.0 Å². The Morgan fingerprint density at radius 2 is 2.05 bits per heavy atom. The molecule has 0 atom stereocenters. The normalized spacial score (nSPS) is 17.4. The number of nitrogens with zero attached hydrogens (tertiary/aromatic N) is 2. The lowest BCUT2D eigenvalue weighted by molar-refractivity contribution is 0.128. The van der Waals surface area contributed by atoms with Crippen molar-refractivity contribution in [2.75, 3.05) is 13.1 Å². The van der Waals surface area contributed by atoms with Gasteiger partial charge in [0.15, 0.2) is 0 Å². The number of hydrogen-bond donors (Lipinski definition) is 1. The molecule has 1 fully saturated rings. The fraction of sp³-hybridized carbons (Fsp3) is 0.824. The molecule has 1 saturated carbocycles. The molecule has 0 spiro atoms. The Labute approximate surface area is 124 Å². The van der Waals surface area contributed by atoms with Crippen molar-refractivity contribution in [2.24, 2.45) is 5.41 Å². The van der Waals surface area contributed by atoms with E-state index in [-0.39, 0.29) is 0 Å². The third-order valence-electron chi connectivity index (χ3n) is 4.88. The SMILES string of the molecule is CCCNCC1(Cc2ccn(C(CC)CC)n2)CCC1. The van der Waals surface area contributed by atoms with Gasteiger partial charge in [-0.3, -0.25) is 4.68 Å². The zero-order valence-electron chi connectivity index (χ0n) is 13.5. The lowest BCUT2D eigenvalue weighted by atomic mass is 9.66. The zero-order chi connectivity index (χ0) is 14.4. The van der Waals surface area contributed by atoms with Crippen LogP contribution in [0.25, 0.3) is 0 Å². The maximum Gasteiger partial charge on any atom is 0.0630 e. The van der Waals surface area contributed by atoms with Gasteiger partial charge in [0, 0.05) is 12.7 Å². The summed E-state index contributed by atoms with van der Waals surface area (Å²) in [5.74, 6) is 0. The van der Waals surface area contributed by atoms with Gasteiger partial charge in [-0.2, -0.15) is 5.10 Å². The van der Waals surface area contributed by atoms with Gasteiger partial charge in [-0.25, -0.2) is 0 Å². The summed E-state index contributed by atoms with van der Waals surface area (Å²) in [6, 6.07) is 2.80. The van der Waals surface area contributed by atoms with Crippen molar-refractivity contribution in [3.63, 3.8) is 0 Å². The number of aromatic nitrogens is 2. The van der Waals surface area contributed by atoms with Crippen LogP contribution in [-0.2, 0) is 6.42 Å². The smallest absolute Gasteiger partial charge is 0.0630 e. The van der Waals surface area contributed by atoms with Gasteiger partial charge in [-0.15, -0.1) is 0 Å². The molecule has 0 radical (unpaired) electrons. The van der Waals surface area contributed by atoms with Crippen molar-refractivity contribution < 1.29 is 0 Å². The van der Waals surface area contributed by atoms with Crippen molar-refractivity contribution in [2.45, 2.75) is 71.8 Å². The Morgan fingerprint density at radius 1 is 1.30 bits per heavy atom. The quantitative estimate of drug-likeness (QED) is 0.692. The molecule has 0 saturated heterocycles. The maximum atomic E-state index is 4.84. The summed E-state index contributed by atoms with van der Waals surface area (Å²) in [7, 11) is 0. The Bertz CT molecular complexity index is 389. The van der Waals surface area contributed by atoms with Crippen LogP contribution >= 0.6 is 0 Å². The maximum absolute atomic E-state index is 4.84. The van der Waals surface area contributed by atoms with Crippen molar-refractivity contribution >= 4 is 0 Å². The van der Waals surface area contributed by atoms with Gasteiger partial charge in [0.1, 0.15) is 0 Å². The van der Waals surface area contributed by atoms with Gasteiger partial charge in [0.05, 0.1) is 11.7 Å². The Morgan fingerprint density at radius 3 is 2.60 bits per heavy atom. The highest BCUT2D eigenvalue weighted by atomic mass is 15.3. The average Bonchev–Trinajstić information content (AvgIpc) is 2.86. The van der Waals surface area contributed by atoms with Gasteiger partial charge in [0.25, 0.3) is 0 Å². The molecule has 1 aliphatic rings. The highest BCUT2D eigenvalue weighted by Gasteiger charge is 2.37. The van der Waals surface area contributed by atoms with Crippen LogP contribution < -0.4 is 5.32 Å². The Balaban J connectivity index is 1.94. The molecule has 0 unspecified atom stereocenters. The van der Waals surface area contributed by atoms with E-state index < -0.39 is 0 Å². The molecule has 1 aliphatic carbocycles. The molecule has 2 rings (SSSR count). The van der Waals surface area contributed by atoms with E-state index in [1.54, 1.807) is 0 Å². The third-order valence-corrected chi connectivity index (χ3v) is 4.88.